The van der Waals surface area contributed by atoms with Crippen LogP contribution >= 0.6 is 11.8 Å². The summed E-state index contributed by atoms with van der Waals surface area (Å²) in [7, 11) is 0. The Labute approximate surface area is 154 Å². The highest BCUT2D eigenvalue weighted by molar-refractivity contribution is 7.99. The molecule has 2 saturated heterocycles. The first-order chi connectivity index (χ1) is 12.1. The molecule has 1 unspecified atom stereocenters. The highest BCUT2D eigenvalue weighted by atomic mass is 32.2. The van der Waals surface area contributed by atoms with Gasteiger partial charge in [0.25, 0.3) is 0 Å². The van der Waals surface area contributed by atoms with Crippen LogP contribution in [0.2, 0.25) is 0 Å². The lowest BCUT2D eigenvalue weighted by atomic mass is 10.1. The number of piperazine rings is 1. The van der Waals surface area contributed by atoms with Crippen molar-refractivity contribution in [2.75, 3.05) is 44.2 Å². The second-order valence-corrected chi connectivity index (χ2v) is 8.00. The quantitative estimate of drug-likeness (QED) is 0.878. The van der Waals surface area contributed by atoms with Gasteiger partial charge in [-0.1, -0.05) is 29.8 Å². The van der Waals surface area contributed by atoms with Gasteiger partial charge in [0.15, 0.2) is 0 Å². The number of hydrogen-bond donors (Lipinski definition) is 1. The second kappa shape index (κ2) is 8.72. The van der Waals surface area contributed by atoms with Crippen LogP contribution in [0.4, 0.5) is 0 Å². The Morgan fingerprint density at radius 1 is 1.08 bits per heavy atom. The van der Waals surface area contributed by atoms with E-state index < -0.39 is 0 Å². The monoisotopic (exact) mass is 361 g/mol. The minimum absolute atomic E-state index is 0.154. The van der Waals surface area contributed by atoms with Gasteiger partial charge in [-0.15, -0.1) is 0 Å². The molecule has 1 aromatic carbocycles. The Hall–Kier alpha value is -1.53. The molecule has 2 fully saturated rings. The molecule has 2 amide bonds. The summed E-state index contributed by atoms with van der Waals surface area (Å²) >= 11 is 1.91. The van der Waals surface area contributed by atoms with E-state index >= 15 is 0 Å². The summed E-state index contributed by atoms with van der Waals surface area (Å²) in [5.41, 5.74) is 2.25. The van der Waals surface area contributed by atoms with Gasteiger partial charge in [-0.25, -0.2) is 0 Å². The van der Waals surface area contributed by atoms with Gasteiger partial charge >= 0.3 is 0 Å². The molecule has 5 nitrogen and oxygen atoms in total. The van der Waals surface area contributed by atoms with E-state index in [0.29, 0.717) is 45.1 Å². The Morgan fingerprint density at radius 3 is 2.32 bits per heavy atom. The van der Waals surface area contributed by atoms with E-state index in [4.69, 9.17) is 0 Å². The molecule has 1 aromatic rings. The molecule has 2 aliphatic heterocycles. The van der Waals surface area contributed by atoms with Crippen molar-refractivity contribution in [2.24, 2.45) is 0 Å². The molecule has 25 heavy (non-hydrogen) atoms. The van der Waals surface area contributed by atoms with Crippen molar-refractivity contribution in [2.45, 2.75) is 25.8 Å². The van der Waals surface area contributed by atoms with Gasteiger partial charge in [-0.3, -0.25) is 9.59 Å². The van der Waals surface area contributed by atoms with Crippen molar-refractivity contribution >= 4 is 23.6 Å². The summed E-state index contributed by atoms with van der Waals surface area (Å²) in [6.45, 7) is 5.62. The first-order valence-corrected chi connectivity index (χ1v) is 10.2. The van der Waals surface area contributed by atoms with E-state index in [1.54, 1.807) is 0 Å². The van der Waals surface area contributed by atoms with Crippen molar-refractivity contribution in [3.63, 3.8) is 0 Å². The predicted molar refractivity (Wildman–Crippen MR) is 102 cm³/mol. The summed E-state index contributed by atoms with van der Waals surface area (Å²) in [4.78, 5) is 28.7. The zero-order valence-electron chi connectivity index (χ0n) is 14.9. The molecule has 0 bridgehead atoms. The molecule has 0 aliphatic carbocycles. The number of amides is 2. The highest BCUT2D eigenvalue weighted by Crippen LogP contribution is 2.13. The zero-order chi connectivity index (χ0) is 17.6. The van der Waals surface area contributed by atoms with Gasteiger partial charge in [0, 0.05) is 56.7 Å². The minimum Gasteiger partial charge on any atom is -0.339 e. The molecule has 0 spiro atoms. The summed E-state index contributed by atoms with van der Waals surface area (Å²) in [6, 6.07) is 8.41. The maximum Gasteiger partial charge on any atom is 0.227 e. The first kappa shape index (κ1) is 18.3. The fourth-order valence-electron chi connectivity index (χ4n) is 3.29. The van der Waals surface area contributed by atoms with Crippen molar-refractivity contribution in [3.8, 4) is 0 Å². The molecule has 2 heterocycles. The van der Waals surface area contributed by atoms with E-state index in [-0.39, 0.29) is 11.8 Å². The van der Waals surface area contributed by atoms with Crippen LogP contribution in [0.1, 0.15) is 17.5 Å². The molecule has 136 valence electrons. The van der Waals surface area contributed by atoms with E-state index in [1.165, 1.54) is 5.56 Å². The van der Waals surface area contributed by atoms with Crippen LogP contribution in [-0.4, -0.2) is 71.9 Å². The highest BCUT2D eigenvalue weighted by Gasteiger charge is 2.26. The number of nitrogens with zero attached hydrogens (tertiary/aromatic N) is 2. The fourth-order valence-corrected chi connectivity index (χ4v) is 4.24. The number of rotatable bonds is 4. The number of aryl methyl sites for hydroxylation is 1. The molecule has 2 aliphatic rings. The van der Waals surface area contributed by atoms with Crippen LogP contribution in [0.3, 0.4) is 0 Å². The van der Waals surface area contributed by atoms with Crippen molar-refractivity contribution in [1.29, 1.82) is 0 Å². The van der Waals surface area contributed by atoms with Gasteiger partial charge in [-0.2, -0.15) is 11.8 Å². The summed E-state index contributed by atoms with van der Waals surface area (Å²) in [6.07, 6.45) is 1.02. The fraction of sp³-hybridized carbons (Fsp3) is 0.579. The molecule has 1 atom stereocenters. The summed E-state index contributed by atoms with van der Waals surface area (Å²) < 4.78 is 0. The Morgan fingerprint density at radius 2 is 1.72 bits per heavy atom. The lowest BCUT2D eigenvalue weighted by Crippen LogP contribution is -2.52. The van der Waals surface area contributed by atoms with E-state index in [9.17, 15) is 9.59 Å². The summed E-state index contributed by atoms with van der Waals surface area (Å²) in [5, 5.41) is 3.41. The summed E-state index contributed by atoms with van der Waals surface area (Å²) in [5.74, 6) is 2.51. The van der Waals surface area contributed by atoms with Crippen LogP contribution in [0, 0.1) is 6.92 Å². The molecule has 1 N–H and O–H groups in total. The zero-order valence-corrected chi connectivity index (χ0v) is 15.7. The van der Waals surface area contributed by atoms with Gasteiger partial charge in [0.05, 0.1) is 6.42 Å². The standard InChI is InChI=1S/C19H27N3O2S/c1-15-2-4-16(5-3-15)12-18(23)21-7-9-22(10-8-21)19(24)13-17-14-25-11-6-20-17/h2-5,17,20H,6-14H2,1H3. The number of benzene rings is 1. The average Bonchev–Trinajstić information content (AvgIpc) is 2.64. The van der Waals surface area contributed by atoms with E-state index in [1.807, 2.05) is 52.8 Å². The molecular weight excluding hydrogens is 334 g/mol. The van der Waals surface area contributed by atoms with Crippen LogP contribution in [0.25, 0.3) is 0 Å². The van der Waals surface area contributed by atoms with Gasteiger partial charge in [0.1, 0.15) is 0 Å². The third-order valence-corrected chi connectivity index (χ3v) is 6.01. The van der Waals surface area contributed by atoms with E-state index in [2.05, 4.69) is 5.32 Å². The topological polar surface area (TPSA) is 52.7 Å². The number of nitrogens with one attached hydrogen (secondary N) is 1. The van der Waals surface area contributed by atoms with E-state index in [0.717, 1.165) is 23.6 Å². The molecule has 0 radical (unpaired) electrons. The second-order valence-electron chi connectivity index (χ2n) is 6.85. The van der Waals surface area contributed by atoms with Crippen LogP contribution in [0.5, 0.6) is 0 Å². The Balaban J connectivity index is 1.43. The van der Waals surface area contributed by atoms with Gasteiger partial charge < -0.3 is 15.1 Å². The van der Waals surface area contributed by atoms with Crippen LogP contribution in [-0.2, 0) is 16.0 Å². The maximum atomic E-state index is 12.5. The van der Waals surface area contributed by atoms with Crippen molar-refractivity contribution < 1.29 is 9.59 Å². The Kier molecular flexibility index (Phi) is 6.37. The third kappa shape index (κ3) is 5.22. The largest absolute Gasteiger partial charge is 0.339 e. The van der Waals surface area contributed by atoms with Gasteiger partial charge in [0.2, 0.25) is 11.8 Å². The third-order valence-electron chi connectivity index (χ3n) is 4.88. The number of carbonyl (C=O) groups excluding carboxylic acids is 2. The molecule has 6 heteroatoms. The number of carbonyl (C=O) groups is 2. The molecular formula is C19H27N3O2S. The smallest absolute Gasteiger partial charge is 0.227 e. The van der Waals surface area contributed by atoms with Crippen LogP contribution in [0.15, 0.2) is 24.3 Å². The number of thioether (sulfide) groups is 1. The van der Waals surface area contributed by atoms with Gasteiger partial charge in [-0.05, 0) is 12.5 Å². The predicted octanol–water partition coefficient (Wildman–Crippen LogP) is 1.30. The molecule has 3 rings (SSSR count). The van der Waals surface area contributed by atoms with Crippen molar-refractivity contribution in [3.05, 3.63) is 35.4 Å². The molecule has 0 saturated carbocycles. The average molecular weight is 362 g/mol. The lowest BCUT2D eigenvalue weighted by molar-refractivity contribution is -0.139. The van der Waals surface area contributed by atoms with Crippen molar-refractivity contribution in [1.82, 2.24) is 15.1 Å². The molecule has 0 aromatic heterocycles. The Bertz CT molecular complexity index is 591. The lowest BCUT2D eigenvalue weighted by Gasteiger charge is -2.36. The van der Waals surface area contributed by atoms with Crippen LogP contribution < -0.4 is 5.32 Å². The maximum absolute atomic E-state index is 12.5. The normalized spacial score (nSPS) is 21.2. The SMILES string of the molecule is Cc1ccc(CC(=O)N2CCN(C(=O)CC3CSCCN3)CC2)cc1. The first-order valence-electron chi connectivity index (χ1n) is 9.04. The minimum atomic E-state index is 0.154. The number of hydrogen-bond acceptors (Lipinski definition) is 4.